The van der Waals surface area contributed by atoms with Gasteiger partial charge in [0, 0.05) is 28.2 Å². The molecule has 0 bridgehead atoms. The molecule has 2 aliphatic rings. The van der Waals surface area contributed by atoms with Crippen LogP contribution in [0, 0.1) is 22.0 Å². The molecule has 14 heteroatoms. The Kier molecular flexibility index (Phi) is 7.48. The van der Waals surface area contributed by atoms with Crippen LogP contribution in [-0.4, -0.2) is 41.7 Å². The normalized spacial score (nSPS) is 23.1. The number of nitro benzene ring substituents is 1. The summed E-state index contributed by atoms with van der Waals surface area (Å²) in [7, 11) is 0. The van der Waals surface area contributed by atoms with Gasteiger partial charge in [0.15, 0.2) is 6.29 Å². The average molecular weight is 537 g/mol. The molecule has 190 valence electrons. The van der Waals surface area contributed by atoms with E-state index in [-0.39, 0.29) is 30.2 Å². The molecule has 2 aromatic rings. The van der Waals surface area contributed by atoms with Crippen molar-refractivity contribution in [2.75, 3.05) is 17.2 Å². The number of ether oxygens (including phenoxy) is 1. The fourth-order valence-corrected chi connectivity index (χ4v) is 4.71. The summed E-state index contributed by atoms with van der Waals surface area (Å²) >= 11 is 12.1. The van der Waals surface area contributed by atoms with E-state index in [9.17, 15) is 24.5 Å². The Bertz CT molecular complexity index is 1210. The number of benzene rings is 2. The SMILES string of the molecule is CCOc1cc([N+](=O)[O-])ccc1NC(=O)C1CC(=O)NC2NC(Nc3cc(Cl)cc(Cl)c3)NC(=O)C21. The number of hydrogen-bond donors (Lipinski definition) is 5. The predicted octanol–water partition coefficient (Wildman–Crippen LogP) is 2.43. The van der Waals surface area contributed by atoms with Crippen molar-refractivity contribution in [3.8, 4) is 5.75 Å². The maximum atomic E-state index is 13.2. The molecule has 2 aliphatic heterocycles. The highest BCUT2D eigenvalue weighted by molar-refractivity contribution is 6.35. The summed E-state index contributed by atoms with van der Waals surface area (Å²) < 4.78 is 5.44. The van der Waals surface area contributed by atoms with Crippen molar-refractivity contribution in [2.45, 2.75) is 25.8 Å². The van der Waals surface area contributed by atoms with Crippen molar-refractivity contribution < 1.29 is 24.0 Å². The van der Waals surface area contributed by atoms with Crippen LogP contribution in [0.5, 0.6) is 5.75 Å². The molecule has 5 N–H and O–H groups in total. The van der Waals surface area contributed by atoms with Gasteiger partial charge in [-0.2, -0.15) is 0 Å². The second-order valence-corrected chi connectivity index (χ2v) is 9.03. The number of nitrogens with zero attached hydrogens (tertiary/aromatic N) is 1. The van der Waals surface area contributed by atoms with E-state index in [1.807, 2.05) is 0 Å². The Morgan fingerprint density at radius 1 is 1.17 bits per heavy atom. The topological polar surface area (TPSA) is 164 Å². The number of amides is 3. The molecule has 4 unspecified atom stereocenters. The van der Waals surface area contributed by atoms with Crippen molar-refractivity contribution in [3.05, 3.63) is 56.6 Å². The maximum Gasteiger partial charge on any atom is 0.273 e. The third-order valence-corrected chi connectivity index (χ3v) is 6.13. The first-order chi connectivity index (χ1) is 17.1. The van der Waals surface area contributed by atoms with Crippen LogP contribution in [0.4, 0.5) is 17.1 Å². The molecule has 2 fully saturated rings. The predicted molar refractivity (Wildman–Crippen MR) is 132 cm³/mol. The van der Waals surface area contributed by atoms with Crippen molar-refractivity contribution in [1.82, 2.24) is 16.0 Å². The number of carbonyl (C=O) groups is 3. The van der Waals surface area contributed by atoms with E-state index in [2.05, 4.69) is 26.6 Å². The van der Waals surface area contributed by atoms with Gasteiger partial charge in [0.05, 0.1) is 41.3 Å². The fourth-order valence-electron chi connectivity index (χ4n) is 4.19. The number of nitro groups is 1. The van der Waals surface area contributed by atoms with Crippen LogP contribution in [0.3, 0.4) is 0 Å². The Labute approximate surface area is 215 Å². The van der Waals surface area contributed by atoms with Crippen LogP contribution in [0.15, 0.2) is 36.4 Å². The number of carbonyl (C=O) groups excluding carboxylic acids is 3. The number of rotatable bonds is 7. The molecule has 0 aromatic heterocycles. The molecular formula is C22H22Cl2N6O6. The zero-order valence-electron chi connectivity index (χ0n) is 18.8. The highest BCUT2D eigenvalue weighted by Gasteiger charge is 2.48. The first-order valence-electron chi connectivity index (χ1n) is 10.9. The minimum atomic E-state index is -1.01. The van der Waals surface area contributed by atoms with Crippen LogP contribution >= 0.6 is 23.2 Å². The van der Waals surface area contributed by atoms with E-state index in [4.69, 9.17) is 27.9 Å². The average Bonchev–Trinajstić information content (AvgIpc) is 2.78. The van der Waals surface area contributed by atoms with Gasteiger partial charge >= 0.3 is 0 Å². The molecule has 3 amide bonds. The lowest BCUT2D eigenvalue weighted by atomic mass is 9.81. The first-order valence-corrected chi connectivity index (χ1v) is 11.7. The van der Waals surface area contributed by atoms with Gasteiger partial charge in [-0.25, -0.2) is 0 Å². The van der Waals surface area contributed by atoms with Gasteiger partial charge in [-0.15, -0.1) is 0 Å². The summed E-state index contributed by atoms with van der Waals surface area (Å²) in [6, 6.07) is 8.55. The number of hydrogen-bond acceptors (Lipinski definition) is 8. The Morgan fingerprint density at radius 2 is 1.89 bits per heavy atom. The lowest BCUT2D eigenvalue weighted by molar-refractivity contribution is -0.384. The van der Waals surface area contributed by atoms with Crippen molar-refractivity contribution in [2.24, 2.45) is 11.8 Å². The molecule has 0 aliphatic carbocycles. The molecule has 4 rings (SSSR count). The maximum absolute atomic E-state index is 13.2. The van der Waals surface area contributed by atoms with Crippen LogP contribution in [0.1, 0.15) is 13.3 Å². The van der Waals surface area contributed by atoms with E-state index in [0.717, 1.165) is 0 Å². The molecule has 2 saturated heterocycles. The molecule has 2 heterocycles. The molecule has 36 heavy (non-hydrogen) atoms. The van der Waals surface area contributed by atoms with Gasteiger partial charge in [0.1, 0.15) is 5.75 Å². The van der Waals surface area contributed by atoms with Gasteiger partial charge in [0.25, 0.3) is 5.69 Å². The minimum Gasteiger partial charge on any atom is -0.491 e. The molecule has 0 radical (unpaired) electrons. The van der Waals surface area contributed by atoms with Crippen molar-refractivity contribution in [1.29, 1.82) is 0 Å². The molecule has 12 nitrogen and oxygen atoms in total. The Hall–Kier alpha value is -3.61. The summed E-state index contributed by atoms with van der Waals surface area (Å²) in [6.07, 6.45) is -1.85. The molecular weight excluding hydrogens is 515 g/mol. The number of fused-ring (bicyclic) bond motifs is 1. The highest BCUT2D eigenvalue weighted by atomic mass is 35.5. The zero-order chi connectivity index (χ0) is 26.0. The Morgan fingerprint density at radius 3 is 2.56 bits per heavy atom. The van der Waals surface area contributed by atoms with E-state index in [0.29, 0.717) is 15.7 Å². The molecule has 0 spiro atoms. The molecule has 4 atom stereocenters. The molecule has 0 saturated carbocycles. The quantitative estimate of drug-likeness (QED) is 0.266. The third-order valence-electron chi connectivity index (χ3n) is 5.69. The first kappa shape index (κ1) is 25.5. The second kappa shape index (κ2) is 10.6. The van der Waals surface area contributed by atoms with Crippen LogP contribution < -0.4 is 31.3 Å². The zero-order valence-corrected chi connectivity index (χ0v) is 20.4. The standard InChI is InChI=1S/C22H22Cl2N6O6/c1-2-36-16-8-13(30(34)35)3-4-15(16)26-20(32)14-9-17(31)27-19-18(14)21(33)29-22(28-19)25-12-6-10(23)5-11(24)7-12/h3-8,14,18-19,22,25,28H,2,9H2,1H3,(H,26,32)(H,27,31)(H,29,33). The summed E-state index contributed by atoms with van der Waals surface area (Å²) in [6.45, 7) is 1.90. The van der Waals surface area contributed by atoms with E-state index in [1.54, 1.807) is 25.1 Å². The Balaban J connectivity index is 1.51. The van der Waals surface area contributed by atoms with Crippen LogP contribution in [0.2, 0.25) is 10.0 Å². The van der Waals surface area contributed by atoms with Gasteiger partial charge < -0.3 is 26.0 Å². The van der Waals surface area contributed by atoms with E-state index >= 15 is 0 Å². The highest BCUT2D eigenvalue weighted by Crippen LogP contribution is 2.33. The summed E-state index contributed by atoms with van der Waals surface area (Å²) in [5.41, 5.74) is 0.516. The monoisotopic (exact) mass is 536 g/mol. The lowest BCUT2D eigenvalue weighted by Gasteiger charge is -2.43. The van der Waals surface area contributed by atoms with Gasteiger partial charge in [-0.1, -0.05) is 23.2 Å². The van der Waals surface area contributed by atoms with Crippen LogP contribution in [-0.2, 0) is 14.4 Å². The van der Waals surface area contributed by atoms with Crippen molar-refractivity contribution in [3.63, 3.8) is 0 Å². The smallest absolute Gasteiger partial charge is 0.273 e. The van der Waals surface area contributed by atoms with Gasteiger partial charge in [-0.05, 0) is 31.2 Å². The largest absolute Gasteiger partial charge is 0.491 e. The van der Waals surface area contributed by atoms with E-state index in [1.165, 1.54) is 18.2 Å². The second-order valence-electron chi connectivity index (χ2n) is 8.15. The van der Waals surface area contributed by atoms with Crippen molar-refractivity contribution >= 4 is 58.0 Å². The third kappa shape index (κ3) is 5.61. The summed E-state index contributed by atoms with van der Waals surface area (Å²) in [5, 5.41) is 26.1. The minimum absolute atomic E-state index is 0.104. The fraction of sp³-hybridized carbons (Fsp3) is 0.318. The van der Waals surface area contributed by atoms with E-state index < -0.39 is 46.9 Å². The summed E-state index contributed by atoms with van der Waals surface area (Å²) in [4.78, 5) is 49.2. The van der Waals surface area contributed by atoms with Crippen LogP contribution in [0.25, 0.3) is 0 Å². The molecule has 2 aromatic carbocycles. The number of halogens is 2. The number of piperidine rings is 1. The summed E-state index contributed by atoms with van der Waals surface area (Å²) in [5.74, 6) is -3.30. The van der Waals surface area contributed by atoms with Gasteiger partial charge in [0.2, 0.25) is 17.7 Å². The van der Waals surface area contributed by atoms with Gasteiger partial charge in [-0.3, -0.25) is 29.8 Å². The lowest BCUT2D eigenvalue weighted by Crippen LogP contribution is -2.72. The number of anilines is 2. The number of nitrogens with one attached hydrogen (secondary N) is 5. The number of non-ortho nitro benzene ring substituents is 1.